The number of nitrogens with one attached hydrogen (secondary N) is 1. The first-order valence-corrected chi connectivity index (χ1v) is 9.24. The van der Waals surface area contributed by atoms with E-state index in [1.807, 2.05) is 49.4 Å². The molecule has 2 aromatic carbocycles. The maximum atomic E-state index is 12.2. The molecule has 1 heterocycles. The van der Waals surface area contributed by atoms with E-state index < -0.39 is 12.1 Å². The minimum Gasteiger partial charge on any atom is -0.453 e. The molecule has 0 bridgehead atoms. The molecule has 134 valence electrons. The smallest absolute Gasteiger partial charge is 0.306 e. The fourth-order valence-electron chi connectivity index (χ4n) is 2.51. The maximum Gasteiger partial charge on any atom is 0.306 e. The summed E-state index contributed by atoms with van der Waals surface area (Å²) in [6.07, 6.45) is -0.148. The predicted octanol–water partition coefficient (Wildman–Crippen LogP) is 4.11. The first-order chi connectivity index (χ1) is 12.5. The number of carbonyl (C=O) groups is 2. The van der Waals surface area contributed by atoms with Crippen molar-refractivity contribution in [2.75, 3.05) is 5.32 Å². The van der Waals surface area contributed by atoms with Crippen LogP contribution in [0.2, 0.25) is 0 Å². The fraction of sp³-hybridized carbons (Fsp3) is 0.250. The number of para-hydroxylation sites is 1. The highest BCUT2D eigenvalue weighted by molar-refractivity contribution is 7.18. The lowest BCUT2D eigenvalue weighted by Crippen LogP contribution is -2.30. The van der Waals surface area contributed by atoms with Gasteiger partial charge in [-0.3, -0.25) is 9.59 Å². The molecule has 0 aliphatic rings. The second-order valence-corrected chi connectivity index (χ2v) is 7.18. The van der Waals surface area contributed by atoms with Crippen molar-refractivity contribution in [2.45, 2.75) is 32.8 Å². The third-order valence-electron chi connectivity index (χ3n) is 3.84. The molecule has 0 aliphatic heterocycles. The van der Waals surface area contributed by atoms with Gasteiger partial charge in [-0.05, 0) is 43.7 Å². The van der Waals surface area contributed by atoms with E-state index in [1.165, 1.54) is 0 Å². The van der Waals surface area contributed by atoms with Crippen LogP contribution in [0.4, 0.5) is 5.69 Å². The van der Waals surface area contributed by atoms with Crippen molar-refractivity contribution in [3.05, 3.63) is 59.1 Å². The SMILES string of the molecule is Cc1cccc(NC(=O)C(C)OC(=O)CCc2nc3ccccc3s2)c1. The minimum atomic E-state index is -0.849. The Morgan fingerprint density at radius 2 is 2.00 bits per heavy atom. The number of ether oxygens (including phenoxy) is 1. The average Bonchev–Trinajstić information content (AvgIpc) is 3.03. The van der Waals surface area contributed by atoms with Crippen LogP contribution in [-0.2, 0) is 20.7 Å². The van der Waals surface area contributed by atoms with Gasteiger partial charge in [0.2, 0.25) is 0 Å². The number of thiazole rings is 1. The highest BCUT2D eigenvalue weighted by Crippen LogP contribution is 2.22. The summed E-state index contributed by atoms with van der Waals surface area (Å²) in [4.78, 5) is 28.7. The summed E-state index contributed by atoms with van der Waals surface area (Å²) in [6, 6.07) is 15.3. The van der Waals surface area contributed by atoms with Gasteiger partial charge < -0.3 is 10.1 Å². The number of amides is 1. The van der Waals surface area contributed by atoms with Crippen LogP contribution in [0.3, 0.4) is 0 Å². The topological polar surface area (TPSA) is 68.3 Å². The molecule has 6 heteroatoms. The number of rotatable bonds is 6. The number of fused-ring (bicyclic) bond motifs is 1. The van der Waals surface area contributed by atoms with Crippen LogP contribution in [0.15, 0.2) is 48.5 Å². The number of carbonyl (C=O) groups excluding carboxylic acids is 2. The van der Waals surface area contributed by atoms with E-state index in [2.05, 4.69) is 10.3 Å². The summed E-state index contributed by atoms with van der Waals surface area (Å²) in [6.45, 7) is 3.52. The molecule has 0 saturated heterocycles. The zero-order valence-electron chi connectivity index (χ0n) is 14.7. The van der Waals surface area contributed by atoms with Crippen LogP contribution in [0.25, 0.3) is 10.2 Å². The Morgan fingerprint density at radius 1 is 1.19 bits per heavy atom. The Kier molecular flexibility index (Phi) is 5.63. The Labute approximate surface area is 156 Å². The Balaban J connectivity index is 1.49. The van der Waals surface area contributed by atoms with Gasteiger partial charge in [-0.1, -0.05) is 24.3 Å². The number of hydrogen-bond donors (Lipinski definition) is 1. The highest BCUT2D eigenvalue weighted by atomic mass is 32.1. The highest BCUT2D eigenvalue weighted by Gasteiger charge is 2.18. The molecule has 3 rings (SSSR count). The van der Waals surface area contributed by atoms with Crippen LogP contribution in [-0.4, -0.2) is 23.0 Å². The van der Waals surface area contributed by atoms with Crippen LogP contribution in [0, 0.1) is 6.92 Å². The van der Waals surface area contributed by atoms with Crippen molar-refractivity contribution in [2.24, 2.45) is 0 Å². The van der Waals surface area contributed by atoms with Gasteiger partial charge in [0.15, 0.2) is 6.10 Å². The quantitative estimate of drug-likeness (QED) is 0.665. The van der Waals surface area contributed by atoms with Gasteiger partial charge in [0.25, 0.3) is 5.91 Å². The number of esters is 1. The summed E-state index contributed by atoms with van der Waals surface area (Å²) >= 11 is 1.57. The standard InChI is InChI=1S/C20H20N2O3S/c1-13-6-5-7-15(12-13)21-20(24)14(2)25-19(23)11-10-18-22-16-8-3-4-9-17(16)26-18/h3-9,12,14H,10-11H2,1-2H3,(H,21,24). The van der Waals surface area contributed by atoms with Crippen molar-refractivity contribution in [3.8, 4) is 0 Å². The molecule has 0 saturated carbocycles. The van der Waals surface area contributed by atoms with E-state index in [1.54, 1.807) is 24.3 Å². The third kappa shape index (κ3) is 4.67. The molecule has 0 radical (unpaired) electrons. The third-order valence-corrected chi connectivity index (χ3v) is 4.94. The van der Waals surface area contributed by atoms with Crippen molar-refractivity contribution < 1.29 is 14.3 Å². The monoisotopic (exact) mass is 368 g/mol. The Bertz CT molecular complexity index is 902. The summed E-state index contributed by atoms with van der Waals surface area (Å²) < 4.78 is 6.34. The summed E-state index contributed by atoms with van der Waals surface area (Å²) in [5.74, 6) is -0.750. The average molecular weight is 368 g/mol. The van der Waals surface area contributed by atoms with E-state index >= 15 is 0 Å². The number of aryl methyl sites for hydroxylation is 2. The van der Waals surface area contributed by atoms with E-state index in [4.69, 9.17) is 4.74 Å². The van der Waals surface area contributed by atoms with Gasteiger partial charge in [-0.2, -0.15) is 0 Å². The molecule has 0 aliphatic carbocycles. The molecule has 0 fully saturated rings. The maximum absolute atomic E-state index is 12.2. The van der Waals surface area contributed by atoms with Gasteiger partial charge in [-0.15, -0.1) is 11.3 Å². The van der Waals surface area contributed by atoms with Crippen molar-refractivity contribution in [3.63, 3.8) is 0 Å². The molecule has 26 heavy (non-hydrogen) atoms. The van der Waals surface area contributed by atoms with Gasteiger partial charge in [-0.25, -0.2) is 4.98 Å². The first kappa shape index (κ1) is 18.1. The van der Waals surface area contributed by atoms with Crippen molar-refractivity contribution in [1.29, 1.82) is 0 Å². The van der Waals surface area contributed by atoms with Crippen molar-refractivity contribution >= 4 is 39.1 Å². The van der Waals surface area contributed by atoms with Crippen LogP contribution >= 0.6 is 11.3 Å². The van der Waals surface area contributed by atoms with Crippen LogP contribution < -0.4 is 5.32 Å². The molecule has 1 atom stereocenters. The molecule has 3 aromatic rings. The van der Waals surface area contributed by atoms with E-state index in [0.29, 0.717) is 12.1 Å². The lowest BCUT2D eigenvalue weighted by Gasteiger charge is -2.13. The molecule has 0 spiro atoms. The van der Waals surface area contributed by atoms with Crippen LogP contribution in [0.5, 0.6) is 0 Å². The predicted molar refractivity (Wildman–Crippen MR) is 103 cm³/mol. The Hall–Kier alpha value is -2.73. The number of aromatic nitrogens is 1. The normalized spacial score (nSPS) is 11.9. The lowest BCUT2D eigenvalue weighted by atomic mass is 10.2. The molecule has 1 aromatic heterocycles. The molecule has 5 nitrogen and oxygen atoms in total. The lowest BCUT2D eigenvalue weighted by molar-refractivity contribution is -0.153. The van der Waals surface area contributed by atoms with Gasteiger partial charge >= 0.3 is 5.97 Å². The molecule has 1 amide bonds. The number of hydrogen-bond acceptors (Lipinski definition) is 5. The van der Waals surface area contributed by atoms with E-state index in [9.17, 15) is 9.59 Å². The second-order valence-electron chi connectivity index (χ2n) is 6.07. The zero-order valence-corrected chi connectivity index (χ0v) is 15.5. The summed E-state index contributed by atoms with van der Waals surface area (Å²) in [5, 5.41) is 3.64. The zero-order chi connectivity index (χ0) is 18.5. The number of benzene rings is 2. The largest absolute Gasteiger partial charge is 0.453 e. The Morgan fingerprint density at radius 3 is 2.77 bits per heavy atom. The van der Waals surface area contributed by atoms with Crippen molar-refractivity contribution in [1.82, 2.24) is 4.98 Å². The minimum absolute atomic E-state index is 0.196. The summed E-state index contributed by atoms with van der Waals surface area (Å²) in [7, 11) is 0. The van der Waals surface area contributed by atoms with E-state index in [-0.39, 0.29) is 12.3 Å². The number of anilines is 1. The van der Waals surface area contributed by atoms with Gasteiger partial charge in [0, 0.05) is 12.1 Å². The number of nitrogens with zero attached hydrogens (tertiary/aromatic N) is 1. The molecular weight excluding hydrogens is 348 g/mol. The van der Waals surface area contributed by atoms with Gasteiger partial charge in [0.05, 0.1) is 21.6 Å². The van der Waals surface area contributed by atoms with Gasteiger partial charge in [0.1, 0.15) is 0 Å². The van der Waals surface area contributed by atoms with E-state index in [0.717, 1.165) is 20.8 Å². The molecule has 1 N–H and O–H groups in total. The first-order valence-electron chi connectivity index (χ1n) is 8.43. The van der Waals surface area contributed by atoms with Crippen LogP contribution in [0.1, 0.15) is 23.9 Å². The molecule has 1 unspecified atom stereocenters. The molecular formula is C20H20N2O3S. The second kappa shape index (κ2) is 8.10. The fourth-order valence-corrected chi connectivity index (χ4v) is 3.48. The summed E-state index contributed by atoms with van der Waals surface area (Å²) in [5.41, 5.74) is 2.67.